The molecule has 17 heavy (non-hydrogen) atoms. The lowest BCUT2D eigenvalue weighted by Crippen LogP contribution is -2.25. The van der Waals surface area contributed by atoms with Crippen LogP contribution in [0.3, 0.4) is 0 Å². The van der Waals surface area contributed by atoms with Crippen LogP contribution in [0.1, 0.15) is 10.5 Å². The van der Waals surface area contributed by atoms with E-state index in [-0.39, 0.29) is 5.91 Å². The maximum Gasteiger partial charge on any atom is 0.293 e. The van der Waals surface area contributed by atoms with Crippen LogP contribution in [0.2, 0.25) is 0 Å². The zero-order valence-electron chi connectivity index (χ0n) is 9.98. The molecule has 0 unspecified atom stereocenters. The first-order valence-corrected chi connectivity index (χ1v) is 5.14. The van der Waals surface area contributed by atoms with Gasteiger partial charge in [0.25, 0.3) is 5.91 Å². The SMILES string of the molecule is COc1ccc2cc(C(=O)N(C)OC)[nH]c2c1. The Morgan fingerprint density at radius 2 is 2.06 bits per heavy atom. The average molecular weight is 234 g/mol. The van der Waals surface area contributed by atoms with Crippen molar-refractivity contribution in [1.29, 1.82) is 0 Å². The molecule has 0 saturated carbocycles. The molecule has 5 nitrogen and oxygen atoms in total. The number of methoxy groups -OCH3 is 1. The van der Waals surface area contributed by atoms with Gasteiger partial charge < -0.3 is 9.72 Å². The van der Waals surface area contributed by atoms with Gasteiger partial charge in [0.1, 0.15) is 11.4 Å². The van der Waals surface area contributed by atoms with Gasteiger partial charge in [0, 0.05) is 24.0 Å². The highest BCUT2D eigenvalue weighted by molar-refractivity contribution is 5.97. The van der Waals surface area contributed by atoms with Crippen molar-refractivity contribution in [3.8, 4) is 5.75 Å². The first-order valence-electron chi connectivity index (χ1n) is 5.14. The summed E-state index contributed by atoms with van der Waals surface area (Å²) in [5.74, 6) is 0.529. The van der Waals surface area contributed by atoms with Crippen molar-refractivity contribution in [2.24, 2.45) is 0 Å². The van der Waals surface area contributed by atoms with Crippen LogP contribution in [0.4, 0.5) is 0 Å². The molecule has 0 aliphatic rings. The zero-order valence-corrected chi connectivity index (χ0v) is 9.98. The van der Waals surface area contributed by atoms with E-state index in [0.717, 1.165) is 16.7 Å². The third kappa shape index (κ3) is 2.09. The van der Waals surface area contributed by atoms with Crippen molar-refractivity contribution in [2.75, 3.05) is 21.3 Å². The molecule has 2 rings (SSSR count). The van der Waals surface area contributed by atoms with E-state index in [9.17, 15) is 4.79 Å². The molecule has 90 valence electrons. The predicted octanol–water partition coefficient (Wildman–Crippen LogP) is 1.81. The fraction of sp³-hybridized carbons (Fsp3) is 0.250. The van der Waals surface area contributed by atoms with Crippen LogP contribution < -0.4 is 4.74 Å². The van der Waals surface area contributed by atoms with Gasteiger partial charge in [-0.05, 0) is 18.2 Å². The predicted molar refractivity (Wildman–Crippen MR) is 64.0 cm³/mol. The Bertz CT molecular complexity index is 548. The molecule has 0 fully saturated rings. The number of aromatic amines is 1. The van der Waals surface area contributed by atoms with Crippen molar-refractivity contribution in [3.63, 3.8) is 0 Å². The minimum absolute atomic E-state index is 0.220. The number of H-pyrrole nitrogens is 1. The van der Waals surface area contributed by atoms with E-state index >= 15 is 0 Å². The summed E-state index contributed by atoms with van der Waals surface area (Å²) in [6, 6.07) is 7.38. The number of fused-ring (bicyclic) bond motifs is 1. The van der Waals surface area contributed by atoms with Crippen molar-refractivity contribution < 1.29 is 14.4 Å². The summed E-state index contributed by atoms with van der Waals surface area (Å²) < 4.78 is 5.12. The summed E-state index contributed by atoms with van der Waals surface area (Å²) in [5.41, 5.74) is 1.34. The molecule has 0 aliphatic carbocycles. The topological polar surface area (TPSA) is 54.6 Å². The van der Waals surface area contributed by atoms with E-state index in [1.807, 2.05) is 18.2 Å². The van der Waals surface area contributed by atoms with Crippen LogP contribution in [0.15, 0.2) is 24.3 Å². The second-order valence-electron chi connectivity index (χ2n) is 3.62. The van der Waals surface area contributed by atoms with Gasteiger partial charge in [-0.15, -0.1) is 0 Å². The van der Waals surface area contributed by atoms with Crippen LogP contribution in [0.25, 0.3) is 10.9 Å². The van der Waals surface area contributed by atoms with Crippen LogP contribution in [-0.4, -0.2) is 37.2 Å². The number of nitrogens with one attached hydrogen (secondary N) is 1. The Hall–Kier alpha value is -2.01. The standard InChI is InChI=1S/C12H14N2O3/c1-14(17-3)12(15)11-6-8-4-5-9(16-2)7-10(8)13-11/h4-7,13H,1-3H3. The summed E-state index contributed by atoms with van der Waals surface area (Å²) in [4.78, 5) is 19.7. The number of nitrogens with zero attached hydrogens (tertiary/aromatic N) is 1. The molecule has 1 aromatic carbocycles. The summed E-state index contributed by atoms with van der Waals surface area (Å²) in [7, 11) is 4.62. The van der Waals surface area contributed by atoms with Gasteiger partial charge in [0.2, 0.25) is 0 Å². The van der Waals surface area contributed by atoms with E-state index in [1.165, 1.54) is 12.2 Å². The Labute approximate surface area is 98.9 Å². The number of ether oxygens (including phenoxy) is 1. The van der Waals surface area contributed by atoms with Gasteiger partial charge in [0.15, 0.2) is 0 Å². The average Bonchev–Trinajstić information content (AvgIpc) is 2.79. The van der Waals surface area contributed by atoms with E-state index in [4.69, 9.17) is 9.57 Å². The number of aromatic nitrogens is 1. The minimum atomic E-state index is -0.220. The Kier molecular flexibility index (Phi) is 3.01. The van der Waals surface area contributed by atoms with Crippen molar-refractivity contribution in [2.45, 2.75) is 0 Å². The molecule has 1 amide bonds. The molecule has 5 heteroatoms. The second kappa shape index (κ2) is 4.47. The van der Waals surface area contributed by atoms with Crippen LogP contribution in [-0.2, 0) is 4.84 Å². The first kappa shape index (κ1) is 11.5. The molecular weight excluding hydrogens is 220 g/mol. The van der Waals surface area contributed by atoms with Gasteiger partial charge in [-0.25, -0.2) is 5.06 Å². The molecule has 0 radical (unpaired) electrons. The maximum atomic E-state index is 11.8. The normalized spacial score (nSPS) is 10.5. The Balaban J connectivity index is 2.41. The monoisotopic (exact) mass is 234 g/mol. The highest BCUT2D eigenvalue weighted by Gasteiger charge is 2.14. The summed E-state index contributed by atoms with van der Waals surface area (Å²) >= 11 is 0. The third-order valence-electron chi connectivity index (χ3n) is 2.62. The van der Waals surface area contributed by atoms with E-state index in [0.29, 0.717) is 5.69 Å². The quantitative estimate of drug-likeness (QED) is 0.824. The lowest BCUT2D eigenvalue weighted by molar-refractivity contribution is -0.0759. The fourth-order valence-corrected chi connectivity index (χ4v) is 1.60. The van der Waals surface area contributed by atoms with E-state index in [2.05, 4.69) is 4.98 Å². The molecule has 0 atom stereocenters. The second-order valence-corrected chi connectivity index (χ2v) is 3.62. The summed E-state index contributed by atoms with van der Waals surface area (Å²) in [6.45, 7) is 0. The van der Waals surface area contributed by atoms with Crippen LogP contribution in [0, 0.1) is 0 Å². The molecular formula is C12H14N2O3. The number of rotatable bonds is 3. The number of carbonyl (C=O) groups is 1. The number of hydroxylamine groups is 2. The lowest BCUT2D eigenvalue weighted by atomic mass is 10.2. The number of carbonyl (C=O) groups excluding carboxylic acids is 1. The Morgan fingerprint density at radius 1 is 1.29 bits per heavy atom. The highest BCUT2D eigenvalue weighted by atomic mass is 16.7. The molecule has 0 aliphatic heterocycles. The van der Waals surface area contributed by atoms with Gasteiger partial charge in [-0.3, -0.25) is 9.63 Å². The molecule has 2 aromatic rings. The van der Waals surface area contributed by atoms with Crippen molar-refractivity contribution in [3.05, 3.63) is 30.0 Å². The lowest BCUT2D eigenvalue weighted by Gasteiger charge is -2.11. The number of amides is 1. The first-order chi connectivity index (χ1) is 8.15. The van der Waals surface area contributed by atoms with Gasteiger partial charge >= 0.3 is 0 Å². The number of hydrogen-bond donors (Lipinski definition) is 1. The van der Waals surface area contributed by atoms with Gasteiger partial charge in [0.05, 0.1) is 14.2 Å². The maximum absolute atomic E-state index is 11.8. The van der Waals surface area contributed by atoms with Gasteiger partial charge in [-0.1, -0.05) is 0 Å². The van der Waals surface area contributed by atoms with E-state index < -0.39 is 0 Å². The fourth-order valence-electron chi connectivity index (χ4n) is 1.60. The molecule has 1 aromatic heterocycles. The number of hydrogen-bond acceptors (Lipinski definition) is 3. The highest BCUT2D eigenvalue weighted by Crippen LogP contribution is 2.21. The third-order valence-corrected chi connectivity index (χ3v) is 2.62. The molecule has 0 saturated heterocycles. The Morgan fingerprint density at radius 3 is 2.71 bits per heavy atom. The molecule has 1 heterocycles. The summed E-state index contributed by atoms with van der Waals surface area (Å²) in [6.07, 6.45) is 0. The number of benzene rings is 1. The smallest absolute Gasteiger partial charge is 0.293 e. The zero-order chi connectivity index (χ0) is 12.4. The minimum Gasteiger partial charge on any atom is -0.497 e. The largest absolute Gasteiger partial charge is 0.497 e. The van der Waals surface area contributed by atoms with Crippen molar-refractivity contribution >= 4 is 16.8 Å². The molecule has 0 bridgehead atoms. The van der Waals surface area contributed by atoms with Crippen LogP contribution in [0.5, 0.6) is 5.75 Å². The summed E-state index contributed by atoms with van der Waals surface area (Å²) in [5, 5.41) is 2.13. The molecule has 1 N–H and O–H groups in total. The van der Waals surface area contributed by atoms with Gasteiger partial charge in [-0.2, -0.15) is 0 Å². The van der Waals surface area contributed by atoms with Crippen LogP contribution >= 0.6 is 0 Å². The molecule has 0 spiro atoms. The van der Waals surface area contributed by atoms with E-state index in [1.54, 1.807) is 20.2 Å². The van der Waals surface area contributed by atoms with Crippen molar-refractivity contribution in [1.82, 2.24) is 10.0 Å².